The highest BCUT2D eigenvalue weighted by molar-refractivity contribution is 9.10. The quantitative estimate of drug-likeness (QED) is 0.462. The van der Waals surface area contributed by atoms with Crippen LogP contribution in [-0.4, -0.2) is 15.9 Å². The molecular formula is C17H15BrN2O4. The van der Waals surface area contributed by atoms with Crippen LogP contribution in [0.2, 0.25) is 0 Å². The van der Waals surface area contributed by atoms with Gasteiger partial charge in [0.05, 0.1) is 4.92 Å². The number of carbonyl (C=O) groups is 1. The molecule has 24 heavy (non-hydrogen) atoms. The summed E-state index contributed by atoms with van der Waals surface area (Å²) in [7, 11) is 0. The lowest BCUT2D eigenvalue weighted by Crippen LogP contribution is -2.20. The van der Waals surface area contributed by atoms with Gasteiger partial charge in [-0.3, -0.25) is 14.9 Å². The maximum absolute atomic E-state index is 11.9. The molecule has 1 amide bonds. The van der Waals surface area contributed by atoms with Gasteiger partial charge in [-0.25, -0.2) is 0 Å². The van der Waals surface area contributed by atoms with E-state index in [1.807, 2.05) is 25.1 Å². The van der Waals surface area contributed by atoms with E-state index in [0.717, 1.165) is 15.6 Å². The molecule has 7 heteroatoms. The Morgan fingerprint density at radius 1 is 1.33 bits per heavy atom. The van der Waals surface area contributed by atoms with Gasteiger partial charge in [-0.05, 0) is 36.3 Å². The summed E-state index contributed by atoms with van der Waals surface area (Å²) in [6, 6.07) is 9.43. The van der Waals surface area contributed by atoms with E-state index < -0.39 is 4.92 Å². The molecule has 0 aliphatic heterocycles. The number of rotatable bonds is 5. The highest BCUT2D eigenvalue weighted by Crippen LogP contribution is 2.23. The van der Waals surface area contributed by atoms with Gasteiger partial charge >= 0.3 is 0 Å². The zero-order valence-corrected chi connectivity index (χ0v) is 14.4. The third-order valence-corrected chi connectivity index (χ3v) is 3.98. The first-order valence-electron chi connectivity index (χ1n) is 7.05. The molecule has 2 aromatic carbocycles. The molecule has 0 radical (unpaired) electrons. The van der Waals surface area contributed by atoms with Crippen LogP contribution in [0.5, 0.6) is 5.75 Å². The molecule has 2 aromatic rings. The largest absolute Gasteiger partial charge is 0.508 e. The molecule has 2 rings (SSSR count). The highest BCUT2D eigenvalue weighted by atomic mass is 79.9. The molecule has 0 aliphatic rings. The van der Waals surface area contributed by atoms with Crippen molar-refractivity contribution in [1.29, 1.82) is 0 Å². The number of aromatic hydroxyl groups is 1. The molecule has 0 fully saturated rings. The molecule has 0 aliphatic carbocycles. The zero-order valence-electron chi connectivity index (χ0n) is 12.8. The van der Waals surface area contributed by atoms with Crippen LogP contribution >= 0.6 is 15.9 Å². The molecule has 0 atom stereocenters. The van der Waals surface area contributed by atoms with Gasteiger partial charge in [0, 0.05) is 34.8 Å². The normalized spacial score (nSPS) is 10.8. The summed E-state index contributed by atoms with van der Waals surface area (Å²) < 4.78 is 0.878. The number of hydrogen-bond donors (Lipinski definition) is 2. The topological polar surface area (TPSA) is 92.5 Å². The summed E-state index contributed by atoms with van der Waals surface area (Å²) in [5, 5.41) is 23.0. The Bertz CT molecular complexity index is 818. The van der Waals surface area contributed by atoms with E-state index in [2.05, 4.69) is 21.2 Å². The number of benzene rings is 2. The minimum Gasteiger partial charge on any atom is -0.508 e. The number of non-ortho nitro benzene ring substituents is 1. The maximum atomic E-state index is 11.9. The number of phenols is 1. The number of aryl methyl sites for hydroxylation is 1. The van der Waals surface area contributed by atoms with Crippen molar-refractivity contribution >= 4 is 33.6 Å². The fourth-order valence-corrected chi connectivity index (χ4v) is 2.63. The SMILES string of the molecule is Cc1ccc(/C=C/C(=O)NCc2cc([N+](=O)[O-])ccc2O)c(Br)c1. The van der Waals surface area contributed by atoms with Crippen LogP contribution in [0.4, 0.5) is 5.69 Å². The number of amides is 1. The van der Waals surface area contributed by atoms with Crippen LogP contribution in [0.25, 0.3) is 6.08 Å². The number of carbonyl (C=O) groups excluding carboxylic acids is 1. The lowest BCUT2D eigenvalue weighted by Gasteiger charge is -2.05. The number of nitrogens with zero attached hydrogens (tertiary/aromatic N) is 1. The number of nitro groups is 1. The monoisotopic (exact) mass is 390 g/mol. The smallest absolute Gasteiger partial charge is 0.270 e. The third kappa shape index (κ3) is 4.66. The number of phenolic OH excluding ortho intramolecular Hbond substituents is 1. The second kappa shape index (κ2) is 7.74. The number of nitrogens with one attached hydrogen (secondary N) is 1. The number of nitro benzene ring substituents is 1. The Kier molecular flexibility index (Phi) is 5.70. The molecule has 2 N–H and O–H groups in total. The van der Waals surface area contributed by atoms with E-state index in [0.29, 0.717) is 0 Å². The van der Waals surface area contributed by atoms with Crippen LogP contribution in [0.1, 0.15) is 16.7 Å². The fourth-order valence-electron chi connectivity index (χ4n) is 2.00. The van der Waals surface area contributed by atoms with Crippen LogP contribution < -0.4 is 5.32 Å². The summed E-state index contributed by atoms with van der Waals surface area (Å²) in [5.74, 6) is -0.473. The Morgan fingerprint density at radius 2 is 2.08 bits per heavy atom. The summed E-state index contributed by atoms with van der Waals surface area (Å²) >= 11 is 3.42. The van der Waals surface area contributed by atoms with Crippen molar-refractivity contribution in [3.05, 3.63) is 73.8 Å². The summed E-state index contributed by atoms with van der Waals surface area (Å²) in [6.07, 6.45) is 3.02. The van der Waals surface area contributed by atoms with Crippen molar-refractivity contribution in [1.82, 2.24) is 5.32 Å². The molecule has 0 saturated heterocycles. The van der Waals surface area contributed by atoms with E-state index in [-0.39, 0.29) is 29.5 Å². The third-order valence-electron chi connectivity index (χ3n) is 3.30. The van der Waals surface area contributed by atoms with E-state index >= 15 is 0 Å². The lowest BCUT2D eigenvalue weighted by molar-refractivity contribution is -0.384. The Balaban J connectivity index is 2.02. The Labute approximate surface area is 147 Å². The average Bonchev–Trinajstić information content (AvgIpc) is 2.53. The predicted octanol–water partition coefficient (Wildman–Crippen LogP) is 3.70. The molecule has 6 nitrogen and oxygen atoms in total. The molecule has 0 unspecified atom stereocenters. The first-order valence-corrected chi connectivity index (χ1v) is 7.84. The Hall–Kier alpha value is -2.67. The minimum absolute atomic E-state index is 0.00818. The van der Waals surface area contributed by atoms with Crippen molar-refractivity contribution < 1.29 is 14.8 Å². The summed E-state index contributed by atoms with van der Waals surface area (Å²) in [5.41, 5.74) is 2.09. The van der Waals surface area contributed by atoms with Crippen molar-refractivity contribution in [3.8, 4) is 5.75 Å². The first-order chi connectivity index (χ1) is 11.4. The van der Waals surface area contributed by atoms with Gasteiger partial charge in [0.1, 0.15) is 5.75 Å². The zero-order chi connectivity index (χ0) is 17.7. The van der Waals surface area contributed by atoms with Gasteiger partial charge in [0.25, 0.3) is 5.69 Å². The molecular weight excluding hydrogens is 376 g/mol. The highest BCUT2D eigenvalue weighted by Gasteiger charge is 2.10. The van der Waals surface area contributed by atoms with E-state index in [9.17, 15) is 20.0 Å². The maximum Gasteiger partial charge on any atom is 0.270 e. The van der Waals surface area contributed by atoms with Crippen LogP contribution in [0.3, 0.4) is 0 Å². The van der Waals surface area contributed by atoms with E-state index in [1.165, 1.54) is 24.3 Å². The molecule has 0 spiro atoms. The molecule has 124 valence electrons. The van der Waals surface area contributed by atoms with Crippen molar-refractivity contribution in [3.63, 3.8) is 0 Å². The predicted molar refractivity (Wildman–Crippen MR) is 94.5 cm³/mol. The summed E-state index contributed by atoms with van der Waals surface area (Å²) in [6.45, 7) is 1.96. The van der Waals surface area contributed by atoms with Gasteiger partial charge in [-0.15, -0.1) is 0 Å². The lowest BCUT2D eigenvalue weighted by atomic mass is 10.1. The molecule has 0 heterocycles. The standard InChI is InChI=1S/C17H15BrN2O4/c1-11-2-3-12(15(18)8-11)4-7-17(22)19-10-13-9-14(20(23)24)5-6-16(13)21/h2-9,21H,10H2,1H3,(H,19,22)/b7-4+. The number of halogens is 1. The van der Waals surface area contributed by atoms with Crippen LogP contribution in [0.15, 0.2) is 46.9 Å². The second-order valence-electron chi connectivity index (χ2n) is 5.15. The van der Waals surface area contributed by atoms with Crippen molar-refractivity contribution in [2.24, 2.45) is 0 Å². The fraction of sp³-hybridized carbons (Fsp3) is 0.118. The van der Waals surface area contributed by atoms with Gasteiger partial charge in [-0.1, -0.05) is 28.1 Å². The van der Waals surface area contributed by atoms with Gasteiger partial charge < -0.3 is 10.4 Å². The van der Waals surface area contributed by atoms with Crippen molar-refractivity contribution in [2.75, 3.05) is 0 Å². The van der Waals surface area contributed by atoms with Crippen LogP contribution in [-0.2, 0) is 11.3 Å². The van der Waals surface area contributed by atoms with Gasteiger partial charge in [0.2, 0.25) is 5.91 Å². The molecule has 0 bridgehead atoms. The van der Waals surface area contributed by atoms with E-state index in [4.69, 9.17) is 0 Å². The van der Waals surface area contributed by atoms with Gasteiger partial charge in [0.15, 0.2) is 0 Å². The first kappa shape index (κ1) is 17.7. The molecule has 0 saturated carbocycles. The number of hydrogen-bond acceptors (Lipinski definition) is 4. The average molecular weight is 391 g/mol. The van der Waals surface area contributed by atoms with Gasteiger partial charge in [-0.2, -0.15) is 0 Å². The summed E-state index contributed by atoms with van der Waals surface area (Å²) in [4.78, 5) is 22.1. The molecule has 0 aromatic heterocycles. The van der Waals surface area contributed by atoms with Crippen LogP contribution in [0, 0.1) is 17.0 Å². The van der Waals surface area contributed by atoms with E-state index in [1.54, 1.807) is 6.08 Å². The second-order valence-corrected chi connectivity index (χ2v) is 6.00. The minimum atomic E-state index is -0.556. The Morgan fingerprint density at radius 3 is 2.75 bits per heavy atom. The van der Waals surface area contributed by atoms with Crippen molar-refractivity contribution in [2.45, 2.75) is 13.5 Å².